The third kappa shape index (κ3) is 4.48. The second-order valence-corrected chi connectivity index (χ2v) is 8.21. The van der Waals surface area contributed by atoms with Gasteiger partial charge in [0.1, 0.15) is 12.1 Å². The van der Waals surface area contributed by atoms with Crippen molar-refractivity contribution in [3.05, 3.63) is 48.7 Å². The first-order valence-electron chi connectivity index (χ1n) is 10.6. The number of aromatic nitrogens is 4. The Morgan fingerprint density at radius 3 is 2.73 bits per heavy atom. The van der Waals surface area contributed by atoms with Crippen molar-refractivity contribution in [3.8, 4) is 0 Å². The maximum absolute atomic E-state index is 8.71. The van der Waals surface area contributed by atoms with E-state index in [4.69, 9.17) is 15.6 Å². The fraction of sp³-hybridized carbons (Fsp3) is 0.500. The Morgan fingerprint density at radius 2 is 2.03 bits per heavy atom. The van der Waals surface area contributed by atoms with Gasteiger partial charge in [-0.05, 0) is 45.3 Å². The minimum absolute atomic E-state index is 0.0768. The van der Waals surface area contributed by atoms with E-state index in [0.29, 0.717) is 29.6 Å². The zero-order chi connectivity index (χ0) is 21.1. The van der Waals surface area contributed by atoms with E-state index < -0.39 is 0 Å². The van der Waals surface area contributed by atoms with Crippen molar-refractivity contribution in [2.75, 3.05) is 18.0 Å². The molecular formula is C22H29N7O. The van der Waals surface area contributed by atoms with Crippen molar-refractivity contribution in [1.29, 1.82) is 10.8 Å². The maximum Gasteiger partial charge on any atom is 0.132 e. The van der Waals surface area contributed by atoms with Gasteiger partial charge < -0.3 is 20.5 Å². The molecule has 4 rings (SSSR count). The molecule has 8 nitrogen and oxygen atoms in total. The molecule has 0 bridgehead atoms. The lowest BCUT2D eigenvalue weighted by atomic mass is 9.85. The van der Waals surface area contributed by atoms with Gasteiger partial charge in [-0.25, -0.2) is 9.97 Å². The summed E-state index contributed by atoms with van der Waals surface area (Å²) in [7, 11) is 0. The quantitative estimate of drug-likeness (QED) is 0.715. The predicted octanol–water partition coefficient (Wildman–Crippen LogP) is 3.27. The van der Waals surface area contributed by atoms with Gasteiger partial charge in [0.05, 0.1) is 29.7 Å². The number of nitrogens with one attached hydrogen (secondary N) is 2. The van der Waals surface area contributed by atoms with Crippen LogP contribution < -0.4 is 4.90 Å². The maximum atomic E-state index is 8.71. The van der Waals surface area contributed by atoms with Crippen LogP contribution in [0.2, 0.25) is 0 Å². The number of rotatable bonds is 6. The molecule has 2 atom stereocenters. The molecule has 0 spiro atoms. The first-order valence-corrected chi connectivity index (χ1v) is 10.6. The summed E-state index contributed by atoms with van der Waals surface area (Å²) >= 11 is 0. The van der Waals surface area contributed by atoms with E-state index in [0.717, 1.165) is 31.7 Å². The first kappa shape index (κ1) is 20.4. The van der Waals surface area contributed by atoms with Crippen molar-refractivity contribution >= 4 is 17.2 Å². The summed E-state index contributed by atoms with van der Waals surface area (Å²) in [5, 5.41) is 21.4. The first-order chi connectivity index (χ1) is 14.5. The van der Waals surface area contributed by atoms with Gasteiger partial charge >= 0.3 is 0 Å². The normalized spacial score (nSPS) is 22.6. The molecule has 2 unspecified atom stereocenters. The molecule has 0 radical (unpaired) electrons. The Balaban J connectivity index is 1.43. The van der Waals surface area contributed by atoms with Crippen LogP contribution in [0.25, 0.3) is 0 Å². The van der Waals surface area contributed by atoms with Crippen molar-refractivity contribution in [2.45, 2.75) is 51.4 Å². The minimum Gasteiger partial charge on any atom is -0.371 e. The molecule has 2 aliphatic rings. The molecule has 158 valence electrons. The molecule has 1 aliphatic heterocycles. The zero-order valence-corrected chi connectivity index (χ0v) is 17.5. The number of allylic oxidation sites excluding steroid dienone is 1. The summed E-state index contributed by atoms with van der Waals surface area (Å²) in [5.41, 5.74) is 1.38. The van der Waals surface area contributed by atoms with Crippen molar-refractivity contribution in [1.82, 2.24) is 19.7 Å². The summed E-state index contributed by atoms with van der Waals surface area (Å²) in [6.07, 6.45) is 11.7. The monoisotopic (exact) mass is 407 g/mol. The van der Waals surface area contributed by atoms with Crippen molar-refractivity contribution in [2.24, 2.45) is 5.92 Å². The van der Waals surface area contributed by atoms with E-state index >= 15 is 0 Å². The minimum atomic E-state index is -0.313. The molecule has 2 N–H and O–H groups in total. The Kier molecular flexibility index (Phi) is 6.03. The highest BCUT2D eigenvalue weighted by molar-refractivity contribution is 6.16. The average molecular weight is 408 g/mol. The molecule has 1 saturated heterocycles. The van der Waals surface area contributed by atoms with Crippen LogP contribution in [0.4, 0.5) is 5.82 Å². The summed E-state index contributed by atoms with van der Waals surface area (Å²) in [6, 6.07) is 4.27. The second kappa shape index (κ2) is 8.87. The lowest BCUT2D eigenvalue weighted by molar-refractivity contribution is 0.0284. The van der Waals surface area contributed by atoms with Crippen molar-refractivity contribution in [3.63, 3.8) is 0 Å². The topological polar surface area (TPSA) is 104 Å². The van der Waals surface area contributed by atoms with Crippen molar-refractivity contribution < 1.29 is 4.74 Å². The van der Waals surface area contributed by atoms with Crippen LogP contribution in [0.3, 0.4) is 0 Å². The number of anilines is 1. The highest BCUT2D eigenvalue weighted by Crippen LogP contribution is 2.27. The van der Waals surface area contributed by atoms with Crippen LogP contribution in [-0.4, -0.2) is 56.5 Å². The molecule has 0 amide bonds. The molecule has 0 saturated carbocycles. The molecule has 3 heterocycles. The van der Waals surface area contributed by atoms with E-state index in [-0.39, 0.29) is 18.1 Å². The third-order valence-electron chi connectivity index (χ3n) is 5.75. The number of ether oxygens (including phenoxy) is 1. The van der Waals surface area contributed by atoms with Gasteiger partial charge in [0, 0.05) is 43.2 Å². The van der Waals surface area contributed by atoms with Crippen LogP contribution >= 0.6 is 0 Å². The molecule has 2 aromatic rings. The average Bonchev–Trinajstić information content (AvgIpc) is 3.29. The van der Waals surface area contributed by atoms with Gasteiger partial charge in [-0.15, -0.1) is 0 Å². The Hall–Kier alpha value is -2.87. The molecule has 2 aromatic heterocycles. The Labute approximate surface area is 177 Å². The van der Waals surface area contributed by atoms with E-state index in [2.05, 4.69) is 20.0 Å². The van der Waals surface area contributed by atoms with Gasteiger partial charge in [-0.3, -0.25) is 4.68 Å². The lowest BCUT2D eigenvalue weighted by Gasteiger charge is -2.33. The summed E-state index contributed by atoms with van der Waals surface area (Å²) in [5.74, 6) is 0.531. The summed E-state index contributed by atoms with van der Waals surface area (Å²) in [6.45, 7) is 5.78. The van der Waals surface area contributed by atoms with Gasteiger partial charge in [0.25, 0.3) is 0 Å². The summed E-state index contributed by atoms with van der Waals surface area (Å²) in [4.78, 5) is 11.0. The fourth-order valence-corrected chi connectivity index (χ4v) is 4.19. The van der Waals surface area contributed by atoms with Gasteiger partial charge in [-0.1, -0.05) is 6.08 Å². The van der Waals surface area contributed by atoms with Gasteiger partial charge in [-0.2, -0.15) is 5.10 Å². The van der Waals surface area contributed by atoms with Crippen LogP contribution in [0.5, 0.6) is 0 Å². The second-order valence-electron chi connectivity index (χ2n) is 8.21. The largest absolute Gasteiger partial charge is 0.371 e. The Morgan fingerprint density at radius 1 is 1.23 bits per heavy atom. The third-order valence-corrected chi connectivity index (χ3v) is 5.75. The predicted molar refractivity (Wildman–Crippen MR) is 117 cm³/mol. The van der Waals surface area contributed by atoms with Crippen LogP contribution in [0.1, 0.15) is 44.8 Å². The molecule has 0 aromatic carbocycles. The van der Waals surface area contributed by atoms with E-state index in [1.807, 2.05) is 49.1 Å². The SMILES string of the molecule is CC(C)OC1C=CC(=N)C(C(=N)c2cc(N3CCC(n4cccn4)CC3)ncn2)C1. The number of nitrogens with zero attached hydrogens (tertiary/aromatic N) is 5. The smallest absolute Gasteiger partial charge is 0.132 e. The molecule has 30 heavy (non-hydrogen) atoms. The lowest BCUT2D eigenvalue weighted by Crippen LogP contribution is -2.36. The Bertz CT molecular complexity index is 913. The molecular weight excluding hydrogens is 378 g/mol. The standard InChI is InChI=1S/C22H29N7O/c1-15(2)30-17-4-5-19(23)18(12-17)22(24)20-13-21(26-14-25-20)28-10-6-16(7-11-28)29-9-3-8-27-29/h3-5,8-9,13-18,23-24H,6-7,10-12H2,1-2H3. The number of hydrogen-bond donors (Lipinski definition) is 2. The van der Waals surface area contributed by atoms with Crippen LogP contribution in [0, 0.1) is 16.7 Å². The fourth-order valence-electron chi connectivity index (χ4n) is 4.19. The zero-order valence-electron chi connectivity index (χ0n) is 17.5. The van der Waals surface area contributed by atoms with Gasteiger partial charge in [0.15, 0.2) is 0 Å². The molecule has 1 aliphatic carbocycles. The van der Waals surface area contributed by atoms with Crippen LogP contribution in [0.15, 0.2) is 43.0 Å². The van der Waals surface area contributed by atoms with E-state index in [9.17, 15) is 0 Å². The van der Waals surface area contributed by atoms with E-state index in [1.165, 1.54) is 6.33 Å². The number of piperidine rings is 1. The van der Waals surface area contributed by atoms with Crippen LogP contribution in [-0.2, 0) is 4.74 Å². The number of hydrogen-bond acceptors (Lipinski definition) is 7. The van der Waals surface area contributed by atoms with E-state index in [1.54, 1.807) is 6.08 Å². The molecule has 8 heteroatoms. The molecule has 1 fully saturated rings. The highest BCUT2D eigenvalue weighted by Gasteiger charge is 2.29. The highest BCUT2D eigenvalue weighted by atomic mass is 16.5. The summed E-state index contributed by atoms with van der Waals surface area (Å²) < 4.78 is 7.93. The van der Waals surface area contributed by atoms with Gasteiger partial charge in [0.2, 0.25) is 0 Å².